The first kappa shape index (κ1) is 12.8. The van der Waals surface area contributed by atoms with Gasteiger partial charge in [-0.15, -0.1) is 11.8 Å². The monoisotopic (exact) mass is 314 g/mol. The molecule has 1 aromatic rings. The number of rotatable bonds is 5. The molecule has 0 spiro atoms. The number of anilines is 1. The Bertz CT molecular complexity index is 421. The molecule has 3 N–H and O–H groups in total. The fourth-order valence-corrected chi connectivity index (χ4v) is 3.02. The van der Waals surface area contributed by atoms with E-state index in [0.29, 0.717) is 12.5 Å². The van der Waals surface area contributed by atoms with Crippen molar-refractivity contribution in [3.63, 3.8) is 0 Å². The standard InChI is InChI=1S/C12H15BrN2OS/c13-10-7-8(14)1-4-11(10)17-6-5-12(16)15-9-2-3-9/h1,4,7,9H,2-3,5-6,14H2,(H,15,16). The highest BCUT2D eigenvalue weighted by molar-refractivity contribution is 9.10. The van der Waals surface area contributed by atoms with E-state index in [0.717, 1.165) is 33.7 Å². The molecule has 0 bridgehead atoms. The lowest BCUT2D eigenvalue weighted by Crippen LogP contribution is -2.25. The van der Waals surface area contributed by atoms with Gasteiger partial charge in [0.15, 0.2) is 0 Å². The highest BCUT2D eigenvalue weighted by atomic mass is 79.9. The second-order valence-corrected chi connectivity index (χ2v) is 6.12. The highest BCUT2D eigenvalue weighted by Gasteiger charge is 2.22. The molecule has 5 heteroatoms. The molecule has 1 aliphatic rings. The van der Waals surface area contributed by atoms with Crippen molar-refractivity contribution in [2.45, 2.75) is 30.2 Å². The van der Waals surface area contributed by atoms with Gasteiger partial charge in [0, 0.05) is 33.3 Å². The molecule has 1 aromatic carbocycles. The molecule has 0 aliphatic heterocycles. The first-order chi connectivity index (χ1) is 8.15. The van der Waals surface area contributed by atoms with E-state index >= 15 is 0 Å². The first-order valence-electron chi connectivity index (χ1n) is 5.62. The summed E-state index contributed by atoms with van der Waals surface area (Å²) in [5.74, 6) is 0.952. The topological polar surface area (TPSA) is 55.1 Å². The van der Waals surface area contributed by atoms with Crippen LogP contribution in [-0.4, -0.2) is 17.7 Å². The van der Waals surface area contributed by atoms with E-state index in [1.165, 1.54) is 0 Å². The molecular formula is C12H15BrN2OS. The number of carbonyl (C=O) groups is 1. The lowest BCUT2D eigenvalue weighted by atomic mass is 10.3. The number of nitrogens with two attached hydrogens (primary N) is 1. The van der Waals surface area contributed by atoms with E-state index in [1.807, 2.05) is 18.2 Å². The summed E-state index contributed by atoms with van der Waals surface area (Å²) in [7, 11) is 0. The minimum atomic E-state index is 0.159. The normalized spacial score (nSPS) is 14.6. The summed E-state index contributed by atoms with van der Waals surface area (Å²) in [6.07, 6.45) is 2.85. The molecular weight excluding hydrogens is 300 g/mol. The Balaban J connectivity index is 1.75. The van der Waals surface area contributed by atoms with Crippen LogP contribution in [0.3, 0.4) is 0 Å². The molecule has 1 amide bonds. The van der Waals surface area contributed by atoms with Crippen molar-refractivity contribution in [3.05, 3.63) is 22.7 Å². The van der Waals surface area contributed by atoms with Gasteiger partial charge in [0.05, 0.1) is 0 Å². The summed E-state index contributed by atoms with van der Waals surface area (Å²) in [6.45, 7) is 0. The zero-order chi connectivity index (χ0) is 12.3. The third-order valence-electron chi connectivity index (χ3n) is 2.49. The molecule has 3 nitrogen and oxygen atoms in total. The second kappa shape index (κ2) is 5.78. The van der Waals surface area contributed by atoms with Crippen LogP contribution in [0.1, 0.15) is 19.3 Å². The van der Waals surface area contributed by atoms with Gasteiger partial charge in [0.1, 0.15) is 0 Å². The quantitative estimate of drug-likeness (QED) is 0.649. The fraction of sp³-hybridized carbons (Fsp3) is 0.417. The highest BCUT2D eigenvalue weighted by Crippen LogP contribution is 2.29. The van der Waals surface area contributed by atoms with E-state index in [9.17, 15) is 4.79 Å². The van der Waals surface area contributed by atoms with Crippen molar-refractivity contribution >= 4 is 39.3 Å². The number of benzene rings is 1. The molecule has 1 fully saturated rings. The van der Waals surface area contributed by atoms with Gasteiger partial charge in [0.25, 0.3) is 0 Å². The summed E-state index contributed by atoms with van der Waals surface area (Å²) in [6, 6.07) is 6.18. The van der Waals surface area contributed by atoms with E-state index in [1.54, 1.807) is 11.8 Å². The average molecular weight is 315 g/mol. The van der Waals surface area contributed by atoms with Gasteiger partial charge >= 0.3 is 0 Å². The van der Waals surface area contributed by atoms with E-state index in [-0.39, 0.29) is 5.91 Å². The van der Waals surface area contributed by atoms with Crippen molar-refractivity contribution in [1.29, 1.82) is 0 Å². The molecule has 0 heterocycles. The largest absolute Gasteiger partial charge is 0.399 e. The summed E-state index contributed by atoms with van der Waals surface area (Å²) in [5, 5.41) is 2.98. The van der Waals surface area contributed by atoms with Gasteiger partial charge in [-0.1, -0.05) is 0 Å². The van der Waals surface area contributed by atoms with Crippen LogP contribution in [0.25, 0.3) is 0 Å². The summed E-state index contributed by atoms with van der Waals surface area (Å²) >= 11 is 5.13. The third kappa shape index (κ3) is 4.24. The van der Waals surface area contributed by atoms with Crippen LogP contribution >= 0.6 is 27.7 Å². The van der Waals surface area contributed by atoms with Crippen molar-refractivity contribution in [2.24, 2.45) is 0 Å². The summed E-state index contributed by atoms with van der Waals surface area (Å²) in [4.78, 5) is 12.6. The number of thioether (sulfide) groups is 1. The number of carbonyl (C=O) groups excluding carboxylic acids is 1. The zero-order valence-electron chi connectivity index (χ0n) is 9.41. The van der Waals surface area contributed by atoms with Gasteiger partial charge < -0.3 is 11.1 Å². The van der Waals surface area contributed by atoms with Crippen LogP contribution < -0.4 is 11.1 Å². The molecule has 0 aromatic heterocycles. The van der Waals surface area contributed by atoms with Gasteiger partial charge in [-0.3, -0.25) is 4.79 Å². The molecule has 0 unspecified atom stereocenters. The zero-order valence-corrected chi connectivity index (χ0v) is 11.8. The number of hydrogen-bond donors (Lipinski definition) is 2. The maximum Gasteiger partial charge on any atom is 0.221 e. The van der Waals surface area contributed by atoms with Crippen molar-refractivity contribution in [1.82, 2.24) is 5.32 Å². The Morgan fingerprint density at radius 3 is 2.94 bits per heavy atom. The van der Waals surface area contributed by atoms with E-state index < -0.39 is 0 Å². The molecule has 1 saturated carbocycles. The molecule has 17 heavy (non-hydrogen) atoms. The number of nitrogen functional groups attached to an aromatic ring is 1. The molecule has 0 atom stereocenters. The van der Waals surface area contributed by atoms with Crippen LogP contribution in [0, 0.1) is 0 Å². The molecule has 0 radical (unpaired) electrons. The number of hydrogen-bond acceptors (Lipinski definition) is 3. The maximum atomic E-state index is 11.5. The van der Waals surface area contributed by atoms with E-state index in [4.69, 9.17) is 5.73 Å². The molecule has 1 aliphatic carbocycles. The summed E-state index contributed by atoms with van der Waals surface area (Å²) in [5.41, 5.74) is 6.41. The molecule has 2 rings (SSSR count). The minimum Gasteiger partial charge on any atom is -0.399 e. The Morgan fingerprint density at radius 1 is 1.53 bits per heavy atom. The summed E-state index contributed by atoms with van der Waals surface area (Å²) < 4.78 is 0.991. The number of amides is 1. The predicted octanol–water partition coefficient (Wildman–Crippen LogP) is 2.79. The van der Waals surface area contributed by atoms with Crippen LogP contribution in [0.2, 0.25) is 0 Å². The first-order valence-corrected chi connectivity index (χ1v) is 7.40. The number of halogens is 1. The average Bonchev–Trinajstić information content (AvgIpc) is 3.05. The van der Waals surface area contributed by atoms with Crippen LogP contribution in [0.15, 0.2) is 27.6 Å². The predicted molar refractivity (Wildman–Crippen MR) is 75.1 cm³/mol. The van der Waals surface area contributed by atoms with Gasteiger partial charge in [-0.25, -0.2) is 0 Å². The van der Waals surface area contributed by atoms with Gasteiger partial charge in [0.2, 0.25) is 5.91 Å². The number of nitrogens with one attached hydrogen (secondary N) is 1. The Hall–Kier alpha value is -0.680. The maximum absolute atomic E-state index is 11.5. The van der Waals surface area contributed by atoms with Gasteiger partial charge in [-0.2, -0.15) is 0 Å². The smallest absolute Gasteiger partial charge is 0.221 e. The SMILES string of the molecule is Nc1ccc(SCCC(=O)NC2CC2)c(Br)c1. The molecule has 0 saturated heterocycles. The van der Waals surface area contributed by atoms with Crippen LogP contribution in [-0.2, 0) is 4.79 Å². The van der Waals surface area contributed by atoms with E-state index in [2.05, 4.69) is 21.2 Å². The fourth-order valence-electron chi connectivity index (χ4n) is 1.42. The van der Waals surface area contributed by atoms with Crippen LogP contribution in [0.4, 0.5) is 5.69 Å². The Kier molecular flexibility index (Phi) is 4.34. The third-order valence-corrected chi connectivity index (χ3v) is 4.48. The molecule has 92 valence electrons. The minimum absolute atomic E-state index is 0.159. The lowest BCUT2D eigenvalue weighted by Gasteiger charge is -2.05. The lowest BCUT2D eigenvalue weighted by molar-refractivity contribution is -0.120. The van der Waals surface area contributed by atoms with Crippen LogP contribution in [0.5, 0.6) is 0 Å². The van der Waals surface area contributed by atoms with Crippen molar-refractivity contribution in [2.75, 3.05) is 11.5 Å². The second-order valence-electron chi connectivity index (χ2n) is 4.13. The van der Waals surface area contributed by atoms with Crippen molar-refractivity contribution < 1.29 is 4.79 Å². The van der Waals surface area contributed by atoms with Gasteiger partial charge in [-0.05, 0) is 47.0 Å². The Morgan fingerprint density at radius 2 is 2.29 bits per heavy atom. The Labute approximate surface area is 114 Å². The van der Waals surface area contributed by atoms with Crippen molar-refractivity contribution in [3.8, 4) is 0 Å².